The molecule has 0 radical (unpaired) electrons. The summed E-state index contributed by atoms with van der Waals surface area (Å²) in [6.07, 6.45) is 1.60. The summed E-state index contributed by atoms with van der Waals surface area (Å²) in [7, 11) is 3.20. The summed E-state index contributed by atoms with van der Waals surface area (Å²) in [4.78, 5) is 13.8. The lowest BCUT2D eigenvalue weighted by atomic mass is 10.1. The van der Waals surface area contributed by atoms with Gasteiger partial charge in [-0.2, -0.15) is 0 Å². The van der Waals surface area contributed by atoms with Crippen molar-refractivity contribution in [2.75, 3.05) is 26.1 Å². The molecule has 1 aliphatic heterocycles. The molecule has 0 saturated carbocycles. The van der Waals surface area contributed by atoms with Crippen molar-refractivity contribution in [3.8, 4) is 11.5 Å². The van der Waals surface area contributed by atoms with Crippen LogP contribution in [0.3, 0.4) is 0 Å². The average Bonchev–Trinajstić information content (AvgIpc) is 3.11. The van der Waals surface area contributed by atoms with E-state index in [2.05, 4.69) is 22.8 Å². The highest BCUT2D eigenvalue weighted by Crippen LogP contribution is 2.29. The molecule has 148 valence electrons. The highest BCUT2D eigenvalue weighted by molar-refractivity contribution is 7.80. The standard InChI is InChI=1S/C21H25N3O3S/c1-26-18-10-9-17(12-19(18)27-2)23-21(28)22-13-15-6-3-4-7-16(15)14-24-11-5-8-20(24)25/h3-4,6-7,9-10,12H,5,8,11,13-14H2,1-2H3,(H2,22,23,28). The fourth-order valence-electron chi connectivity index (χ4n) is 3.23. The second-order valence-electron chi connectivity index (χ2n) is 6.56. The summed E-state index contributed by atoms with van der Waals surface area (Å²) in [6, 6.07) is 13.7. The number of nitrogens with one attached hydrogen (secondary N) is 2. The summed E-state index contributed by atoms with van der Waals surface area (Å²) in [6.45, 7) is 2.06. The Hall–Kier alpha value is -2.80. The van der Waals surface area contributed by atoms with Crippen molar-refractivity contribution in [3.05, 3.63) is 53.6 Å². The zero-order chi connectivity index (χ0) is 19.9. The number of rotatable bonds is 7. The number of likely N-dealkylation sites (tertiary alicyclic amines) is 1. The Morgan fingerprint density at radius 3 is 2.54 bits per heavy atom. The van der Waals surface area contributed by atoms with Gasteiger partial charge in [0, 0.05) is 37.8 Å². The van der Waals surface area contributed by atoms with Crippen molar-refractivity contribution in [1.82, 2.24) is 10.2 Å². The van der Waals surface area contributed by atoms with Gasteiger partial charge in [-0.25, -0.2) is 0 Å². The molecule has 0 aromatic heterocycles. The first kappa shape index (κ1) is 19.9. The van der Waals surface area contributed by atoms with E-state index in [1.807, 2.05) is 35.2 Å². The third-order valence-electron chi connectivity index (χ3n) is 4.73. The maximum atomic E-state index is 11.9. The molecule has 1 amide bonds. The van der Waals surface area contributed by atoms with Crippen LogP contribution >= 0.6 is 12.2 Å². The van der Waals surface area contributed by atoms with Gasteiger partial charge in [0.15, 0.2) is 16.6 Å². The molecule has 2 N–H and O–H groups in total. The van der Waals surface area contributed by atoms with Crippen LogP contribution < -0.4 is 20.1 Å². The van der Waals surface area contributed by atoms with E-state index in [-0.39, 0.29) is 5.91 Å². The first-order chi connectivity index (χ1) is 13.6. The smallest absolute Gasteiger partial charge is 0.222 e. The van der Waals surface area contributed by atoms with E-state index < -0.39 is 0 Å². The van der Waals surface area contributed by atoms with Crippen molar-refractivity contribution >= 4 is 28.9 Å². The van der Waals surface area contributed by atoms with Crippen LogP contribution in [0.25, 0.3) is 0 Å². The van der Waals surface area contributed by atoms with Crippen molar-refractivity contribution < 1.29 is 14.3 Å². The highest BCUT2D eigenvalue weighted by Gasteiger charge is 2.20. The van der Waals surface area contributed by atoms with Crippen LogP contribution in [0.1, 0.15) is 24.0 Å². The van der Waals surface area contributed by atoms with Gasteiger partial charge in [0.05, 0.1) is 14.2 Å². The number of thiocarbonyl (C=S) groups is 1. The number of carbonyl (C=O) groups is 1. The quantitative estimate of drug-likeness (QED) is 0.697. The van der Waals surface area contributed by atoms with Crippen LogP contribution in [-0.4, -0.2) is 36.7 Å². The van der Waals surface area contributed by atoms with E-state index in [1.165, 1.54) is 0 Å². The lowest BCUT2D eigenvalue weighted by molar-refractivity contribution is -0.128. The molecule has 2 aromatic rings. The molecular weight excluding hydrogens is 374 g/mol. The Bertz CT molecular complexity index is 857. The molecule has 1 heterocycles. The minimum absolute atomic E-state index is 0.230. The average molecular weight is 400 g/mol. The van der Waals surface area contributed by atoms with Gasteiger partial charge < -0.3 is 25.0 Å². The SMILES string of the molecule is COc1ccc(NC(=S)NCc2ccccc2CN2CCCC2=O)cc1OC. The third kappa shape index (κ3) is 4.92. The van der Waals surface area contributed by atoms with Crippen LogP contribution in [-0.2, 0) is 17.9 Å². The zero-order valence-electron chi connectivity index (χ0n) is 16.2. The minimum atomic E-state index is 0.230. The van der Waals surface area contributed by atoms with Gasteiger partial charge >= 0.3 is 0 Å². The van der Waals surface area contributed by atoms with E-state index >= 15 is 0 Å². The van der Waals surface area contributed by atoms with E-state index in [9.17, 15) is 4.79 Å². The van der Waals surface area contributed by atoms with Gasteiger partial charge in [0.25, 0.3) is 0 Å². The highest BCUT2D eigenvalue weighted by atomic mass is 32.1. The van der Waals surface area contributed by atoms with Crippen molar-refractivity contribution in [2.24, 2.45) is 0 Å². The van der Waals surface area contributed by atoms with Crippen LogP contribution in [0.5, 0.6) is 11.5 Å². The van der Waals surface area contributed by atoms with Gasteiger partial charge in [0.1, 0.15) is 0 Å². The van der Waals surface area contributed by atoms with E-state index in [4.69, 9.17) is 21.7 Å². The topological polar surface area (TPSA) is 62.8 Å². The van der Waals surface area contributed by atoms with E-state index in [1.54, 1.807) is 14.2 Å². The second kappa shape index (κ2) is 9.41. The number of carbonyl (C=O) groups excluding carboxylic acids is 1. The lowest BCUT2D eigenvalue weighted by Crippen LogP contribution is -2.29. The van der Waals surface area contributed by atoms with Gasteiger partial charge in [-0.3, -0.25) is 4.79 Å². The monoisotopic (exact) mass is 399 g/mol. The molecule has 6 nitrogen and oxygen atoms in total. The largest absolute Gasteiger partial charge is 0.493 e. The van der Waals surface area contributed by atoms with Crippen molar-refractivity contribution in [2.45, 2.75) is 25.9 Å². The van der Waals surface area contributed by atoms with Gasteiger partial charge in [-0.15, -0.1) is 0 Å². The van der Waals surface area contributed by atoms with Gasteiger partial charge in [-0.05, 0) is 41.9 Å². The molecule has 0 aliphatic carbocycles. The van der Waals surface area contributed by atoms with E-state index in [0.29, 0.717) is 36.1 Å². The van der Waals surface area contributed by atoms with Gasteiger partial charge in [0.2, 0.25) is 5.91 Å². The third-order valence-corrected chi connectivity index (χ3v) is 4.98. The molecular formula is C21H25N3O3S. The summed E-state index contributed by atoms with van der Waals surface area (Å²) in [5.41, 5.74) is 3.07. The Kier molecular flexibility index (Phi) is 6.71. The van der Waals surface area contributed by atoms with Crippen LogP contribution in [0.4, 0.5) is 5.69 Å². The fourth-order valence-corrected chi connectivity index (χ4v) is 3.42. The maximum Gasteiger partial charge on any atom is 0.222 e. The Labute approximate surface area is 170 Å². The fraction of sp³-hybridized carbons (Fsp3) is 0.333. The van der Waals surface area contributed by atoms with Gasteiger partial charge in [-0.1, -0.05) is 24.3 Å². The van der Waals surface area contributed by atoms with E-state index in [0.717, 1.165) is 29.8 Å². The molecule has 0 unspecified atom stereocenters. The number of nitrogens with zero attached hydrogens (tertiary/aromatic N) is 1. The van der Waals surface area contributed by atoms with Crippen LogP contribution in [0, 0.1) is 0 Å². The van der Waals surface area contributed by atoms with Crippen LogP contribution in [0.2, 0.25) is 0 Å². The number of hydrogen-bond acceptors (Lipinski definition) is 4. The zero-order valence-corrected chi connectivity index (χ0v) is 17.0. The summed E-state index contributed by atoms with van der Waals surface area (Å²) in [5, 5.41) is 6.91. The molecule has 0 spiro atoms. The Morgan fingerprint density at radius 2 is 1.86 bits per heavy atom. The molecule has 1 aliphatic rings. The predicted molar refractivity (Wildman–Crippen MR) is 114 cm³/mol. The second-order valence-corrected chi connectivity index (χ2v) is 6.97. The van der Waals surface area contributed by atoms with Crippen molar-refractivity contribution in [1.29, 1.82) is 0 Å². The number of amides is 1. The summed E-state index contributed by atoms with van der Waals surface area (Å²) < 4.78 is 10.6. The molecule has 0 atom stereocenters. The first-order valence-electron chi connectivity index (χ1n) is 9.22. The Balaban J connectivity index is 1.60. The number of hydrogen-bond donors (Lipinski definition) is 2. The molecule has 2 aromatic carbocycles. The number of ether oxygens (including phenoxy) is 2. The number of anilines is 1. The van der Waals surface area contributed by atoms with Crippen LogP contribution in [0.15, 0.2) is 42.5 Å². The maximum absolute atomic E-state index is 11.9. The lowest BCUT2D eigenvalue weighted by Gasteiger charge is -2.19. The molecule has 1 saturated heterocycles. The molecule has 0 bridgehead atoms. The molecule has 1 fully saturated rings. The summed E-state index contributed by atoms with van der Waals surface area (Å²) >= 11 is 5.42. The Morgan fingerprint density at radius 1 is 1.11 bits per heavy atom. The molecule has 7 heteroatoms. The molecule has 28 heavy (non-hydrogen) atoms. The first-order valence-corrected chi connectivity index (χ1v) is 9.63. The normalized spacial score (nSPS) is 13.4. The van der Waals surface area contributed by atoms with Crippen molar-refractivity contribution in [3.63, 3.8) is 0 Å². The number of benzene rings is 2. The minimum Gasteiger partial charge on any atom is -0.493 e. The summed E-state index contributed by atoms with van der Waals surface area (Å²) in [5.74, 6) is 1.53. The number of methoxy groups -OCH3 is 2. The molecule has 3 rings (SSSR count). The predicted octanol–water partition coefficient (Wildman–Crippen LogP) is 3.31.